The van der Waals surface area contributed by atoms with E-state index in [1.807, 2.05) is 31.2 Å². The highest BCUT2D eigenvalue weighted by Crippen LogP contribution is 2.37. The maximum absolute atomic E-state index is 13.1. The second-order valence-corrected chi connectivity index (χ2v) is 9.90. The summed E-state index contributed by atoms with van der Waals surface area (Å²) in [5.41, 5.74) is 7.78. The zero-order chi connectivity index (χ0) is 25.4. The number of fused-ring (bicyclic) bond motifs is 2. The molecule has 6 rings (SSSR count). The fraction of sp³-hybridized carbons (Fsp3) is 0.310. The number of aryl methyl sites for hydroxylation is 2. The summed E-state index contributed by atoms with van der Waals surface area (Å²) in [6.07, 6.45) is 5.43. The molecule has 1 unspecified atom stereocenters. The van der Waals surface area contributed by atoms with Crippen molar-refractivity contribution in [3.05, 3.63) is 82.3 Å². The molecule has 2 N–H and O–H groups in total. The first-order valence-electron chi connectivity index (χ1n) is 12.7. The lowest BCUT2D eigenvalue weighted by Crippen LogP contribution is -2.45. The normalized spacial score (nSPS) is 17.8. The number of aromatic amines is 1. The first-order valence-corrected chi connectivity index (χ1v) is 12.7. The zero-order valence-corrected chi connectivity index (χ0v) is 21.1. The summed E-state index contributed by atoms with van der Waals surface area (Å²) in [5, 5.41) is 9.81. The summed E-state index contributed by atoms with van der Waals surface area (Å²) >= 11 is 0. The number of carbonyl (C=O) groups excluding carboxylic acids is 1. The van der Waals surface area contributed by atoms with Gasteiger partial charge in [0.05, 0.1) is 12.4 Å². The van der Waals surface area contributed by atoms with Gasteiger partial charge in [-0.05, 0) is 73.7 Å². The smallest absolute Gasteiger partial charge is 0.255 e. The van der Waals surface area contributed by atoms with Gasteiger partial charge in [0.1, 0.15) is 11.2 Å². The second-order valence-electron chi connectivity index (χ2n) is 9.90. The number of piperazine rings is 1. The molecule has 0 saturated carbocycles. The number of nitrogens with one attached hydrogen (secondary N) is 2. The number of anilines is 1. The van der Waals surface area contributed by atoms with Crippen molar-refractivity contribution in [3.8, 4) is 11.8 Å². The van der Waals surface area contributed by atoms with Crippen LogP contribution in [0.25, 0.3) is 11.2 Å². The first kappa shape index (κ1) is 23.3. The van der Waals surface area contributed by atoms with E-state index in [-0.39, 0.29) is 5.91 Å². The van der Waals surface area contributed by atoms with E-state index < -0.39 is 0 Å². The van der Waals surface area contributed by atoms with Crippen molar-refractivity contribution in [1.29, 1.82) is 0 Å². The van der Waals surface area contributed by atoms with Crippen molar-refractivity contribution < 1.29 is 4.79 Å². The molecule has 0 radical (unpaired) electrons. The number of benzene rings is 2. The van der Waals surface area contributed by atoms with Crippen LogP contribution in [-0.2, 0) is 6.42 Å². The van der Waals surface area contributed by atoms with Crippen LogP contribution in [-0.4, -0.2) is 69.1 Å². The summed E-state index contributed by atoms with van der Waals surface area (Å²) < 4.78 is 0. The minimum atomic E-state index is -0.142. The lowest BCUT2D eigenvalue weighted by Gasteiger charge is -2.36. The highest BCUT2D eigenvalue weighted by Gasteiger charge is 2.29. The molecule has 0 spiro atoms. The summed E-state index contributed by atoms with van der Waals surface area (Å²) in [4.78, 5) is 26.8. The van der Waals surface area contributed by atoms with Crippen molar-refractivity contribution in [1.82, 2.24) is 30.0 Å². The molecule has 4 aromatic rings. The number of hydrogen-bond donors (Lipinski definition) is 2. The number of likely N-dealkylation sites (N-methyl/N-ethyl adjacent to an activating group) is 1. The molecule has 1 atom stereocenters. The van der Waals surface area contributed by atoms with Crippen molar-refractivity contribution in [2.45, 2.75) is 25.8 Å². The average Bonchev–Trinajstić information content (AvgIpc) is 3.55. The Hall–Kier alpha value is -4.06. The highest BCUT2D eigenvalue weighted by molar-refractivity contribution is 6.04. The molecule has 2 aromatic heterocycles. The molecule has 1 aliphatic heterocycles. The van der Waals surface area contributed by atoms with Crippen LogP contribution in [0.15, 0.2) is 48.8 Å². The standard InChI is InChI=1S/C29H29N7O/c1-19-3-4-22(15-20(19)5-7-24-17-30-28-26(32-24)18-31-34-28)29(37)33-23-8-9-25-21(16-23)6-10-27(25)36-13-11-35(2)12-14-36/h3-4,8-9,15-18,27H,6,10-14H2,1-2H3,(H,33,37)(H,30,31,34). The van der Waals surface area contributed by atoms with E-state index in [1.165, 1.54) is 11.1 Å². The lowest BCUT2D eigenvalue weighted by molar-refractivity contribution is 0.102. The average molecular weight is 492 g/mol. The third-order valence-electron chi connectivity index (χ3n) is 7.41. The van der Waals surface area contributed by atoms with E-state index in [4.69, 9.17) is 0 Å². The third kappa shape index (κ3) is 4.84. The van der Waals surface area contributed by atoms with E-state index >= 15 is 0 Å². The van der Waals surface area contributed by atoms with Gasteiger partial charge in [-0.15, -0.1) is 0 Å². The maximum atomic E-state index is 13.1. The van der Waals surface area contributed by atoms with Gasteiger partial charge in [-0.2, -0.15) is 5.10 Å². The van der Waals surface area contributed by atoms with Crippen LogP contribution in [0.1, 0.15) is 50.8 Å². The molecule has 3 heterocycles. The van der Waals surface area contributed by atoms with Crippen molar-refractivity contribution in [3.63, 3.8) is 0 Å². The van der Waals surface area contributed by atoms with Crippen LogP contribution in [0.5, 0.6) is 0 Å². The molecule has 1 fully saturated rings. The molecular formula is C29H29N7O. The van der Waals surface area contributed by atoms with Gasteiger partial charge in [-0.1, -0.05) is 18.1 Å². The van der Waals surface area contributed by atoms with Gasteiger partial charge in [0.25, 0.3) is 5.91 Å². The Morgan fingerprint density at radius 3 is 2.81 bits per heavy atom. The molecule has 1 amide bonds. The van der Waals surface area contributed by atoms with Crippen LogP contribution in [0, 0.1) is 18.8 Å². The maximum Gasteiger partial charge on any atom is 0.255 e. The number of hydrogen-bond acceptors (Lipinski definition) is 6. The largest absolute Gasteiger partial charge is 0.322 e. The zero-order valence-electron chi connectivity index (χ0n) is 21.1. The van der Waals surface area contributed by atoms with Crippen molar-refractivity contribution >= 4 is 22.8 Å². The summed E-state index contributed by atoms with van der Waals surface area (Å²) in [6, 6.07) is 12.5. The van der Waals surface area contributed by atoms with Crippen molar-refractivity contribution in [2.75, 3.05) is 38.5 Å². The van der Waals surface area contributed by atoms with Crippen LogP contribution >= 0.6 is 0 Å². The first-order chi connectivity index (χ1) is 18.0. The second kappa shape index (κ2) is 9.77. The molecule has 2 aliphatic rings. The van der Waals surface area contributed by atoms with Gasteiger partial charge < -0.3 is 10.2 Å². The van der Waals surface area contributed by atoms with Crippen LogP contribution in [0.4, 0.5) is 5.69 Å². The Morgan fingerprint density at radius 1 is 1.08 bits per heavy atom. The fourth-order valence-corrected chi connectivity index (χ4v) is 5.21. The van der Waals surface area contributed by atoms with Gasteiger partial charge in [-0.3, -0.25) is 14.8 Å². The molecule has 1 aliphatic carbocycles. The molecule has 1 saturated heterocycles. The molecule has 8 nitrogen and oxygen atoms in total. The van der Waals surface area contributed by atoms with Gasteiger partial charge in [-0.25, -0.2) is 9.97 Å². The molecule has 2 aromatic carbocycles. The van der Waals surface area contributed by atoms with E-state index in [1.54, 1.807) is 12.4 Å². The Morgan fingerprint density at radius 2 is 1.95 bits per heavy atom. The SMILES string of the molecule is Cc1ccc(C(=O)Nc2ccc3c(c2)CCC3N2CCN(C)CC2)cc1C#Cc1cnc2[nH]ncc2n1. The summed E-state index contributed by atoms with van der Waals surface area (Å²) in [6.45, 7) is 6.45. The van der Waals surface area contributed by atoms with E-state index in [2.05, 4.69) is 66.3 Å². The lowest BCUT2D eigenvalue weighted by atomic mass is 10.0. The minimum Gasteiger partial charge on any atom is -0.322 e. The number of nitrogens with zero attached hydrogens (tertiary/aromatic N) is 5. The van der Waals surface area contributed by atoms with E-state index in [0.29, 0.717) is 28.5 Å². The predicted molar refractivity (Wildman–Crippen MR) is 143 cm³/mol. The topological polar surface area (TPSA) is 90.0 Å². The van der Waals surface area contributed by atoms with Crippen molar-refractivity contribution in [2.24, 2.45) is 0 Å². The van der Waals surface area contributed by atoms with Gasteiger partial charge in [0, 0.05) is 49.0 Å². The van der Waals surface area contributed by atoms with Crippen LogP contribution in [0.2, 0.25) is 0 Å². The molecule has 8 heteroatoms. The predicted octanol–water partition coefficient (Wildman–Crippen LogP) is 3.55. The summed E-state index contributed by atoms with van der Waals surface area (Å²) in [5.74, 6) is 6.06. The summed E-state index contributed by atoms with van der Waals surface area (Å²) in [7, 11) is 2.19. The van der Waals surface area contributed by atoms with Gasteiger partial charge in [0.15, 0.2) is 5.65 Å². The minimum absolute atomic E-state index is 0.142. The van der Waals surface area contributed by atoms with E-state index in [9.17, 15) is 4.79 Å². The molecule has 186 valence electrons. The molecule has 37 heavy (non-hydrogen) atoms. The Labute approximate surface area is 216 Å². The fourth-order valence-electron chi connectivity index (χ4n) is 5.21. The molecule has 0 bridgehead atoms. The third-order valence-corrected chi connectivity index (χ3v) is 7.41. The van der Waals surface area contributed by atoms with Crippen LogP contribution < -0.4 is 5.32 Å². The van der Waals surface area contributed by atoms with Gasteiger partial charge in [0.2, 0.25) is 0 Å². The Kier molecular flexibility index (Phi) is 6.16. The monoisotopic (exact) mass is 491 g/mol. The van der Waals surface area contributed by atoms with Crippen LogP contribution in [0.3, 0.4) is 0 Å². The Bertz CT molecular complexity index is 1540. The highest BCUT2D eigenvalue weighted by atomic mass is 16.1. The Balaban J connectivity index is 1.17. The number of H-pyrrole nitrogens is 1. The number of amides is 1. The number of aromatic nitrogens is 4. The molecular weight excluding hydrogens is 462 g/mol. The quantitative estimate of drug-likeness (QED) is 0.426. The van der Waals surface area contributed by atoms with Gasteiger partial charge >= 0.3 is 0 Å². The van der Waals surface area contributed by atoms with E-state index in [0.717, 1.165) is 55.8 Å². The number of carbonyl (C=O) groups is 1. The number of rotatable bonds is 3.